The number of thioether (sulfide) groups is 1. The Morgan fingerprint density at radius 2 is 1.29 bits per heavy atom. The molecule has 7 aliphatic rings. The molecule has 5 aromatic carbocycles. The fraction of sp³-hybridized carbons (Fsp3) is 0.273. The van der Waals surface area contributed by atoms with E-state index in [1.54, 1.807) is 11.1 Å². The number of hydrogen-bond acceptors (Lipinski definition) is 1. The topological polar surface area (TPSA) is 0 Å². The largest absolute Gasteiger partial charge is 0.117 e. The Morgan fingerprint density at radius 3 is 2.16 bits per heavy atom. The minimum absolute atomic E-state index is 0.210. The molecule has 218 valence electrons. The predicted molar refractivity (Wildman–Crippen MR) is 189 cm³/mol. The number of rotatable bonds is 2. The molecule has 0 aromatic heterocycles. The summed E-state index contributed by atoms with van der Waals surface area (Å²) in [6.45, 7) is 0. The maximum absolute atomic E-state index is 2.52. The second-order valence-corrected chi connectivity index (χ2v) is 16.0. The molecular formula is C44H36S. The summed E-state index contributed by atoms with van der Waals surface area (Å²) in [4.78, 5) is 1.42. The van der Waals surface area contributed by atoms with Gasteiger partial charge in [0.05, 0.1) is 0 Å². The molecule has 4 fully saturated rings. The van der Waals surface area contributed by atoms with E-state index in [2.05, 4.69) is 121 Å². The lowest BCUT2D eigenvalue weighted by atomic mass is 9.43. The van der Waals surface area contributed by atoms with E-state index in [1.165, 1.54) is 86.7 Å². The molecule has 12 rings (SSSR count). The fourth-order valence-electron chi connectivity index (χ4n) is 11.5. The van der Waals surface area contributed by atoms with Gasteiger partial charge in [-0.3, -0.25) is 0 Å². The van der Waals surface area contributed by atoms with Crippen LogP contribution in [0, 0.1) is 23.7 Å². The minimum Gasteiger partial charge on any atom is -0.117 e. The van der Waals surface area contributed by atoms with Crippen molar-refractivity contribution in [1.29, 1.82) is 0 Å². The first kappa shape index (κ1) is 25.4. The quantitative estimate of drug-likeness (QED) is 0.195. The number of fused-ring (bicyclic) bond motifs is 5. The number of hydrogen-bond donors (Lipinski definition) is 0. The Kier molecular flexibility index (Phi) is 5.16. The van der Waals surface area contributed by atoms with Crippen LogP contribution in [0.25, 0.3) is 44.2 Å². The Bertz CT molecular complexity index is 2100. The predicted octanol–water partition coefficient (Wildman–Crippen LogP) is 11.6. The molecule has 6 aliphatic carbocycles. The van der Waals surface area contributed by atoms with Gasteiger partial charge in [-0.15, -0.1) is 11.8 Å². The van der Waals surface area contributed by atoms with Gasteiger partial charge in [-0.2, -0.15) is 0 Å². The molecule has 0 saturated heterocycles. The van der Waals surface area contributed by atoms with Crippen LogP contribution in [-0.4, -0.2) is 5.25 Å². The molecule has 2 atom stereocenters. The van der Waals surface area contributed by atoms with Gasteiger partial charge in [0.25, 0.3) is 0 Å². The van der Waals surface area contributed by atoms with Crippen LogP contribution in [0.15, 0.2) is 126 Å². The second kappa shape index (κ2) is 9.14. The van der Waals surface area contributed by atoms with Gasteiger partial charge in [-0.1, -0.05) is 109 Å². The molecule has 1 heteroatoms. The van der Waals surface area contributed by atoms with Gasteiger partial charge >= 0.3 is 0 Å². The zero-order chi connectivity index (χ0) is 29.3. The fourth-order valence-corrected chi connectivity index (χ4v) is 12.8. The van der Waals surface area contributed by atoms with Crippen LogP contribution in [0.4, 0.5) is 0 Å². The summed E-state index contributed by atoms with van der Waals surface area (Å²) in [6, 6.07) is 38.0. The van der Waals surface area contributed by atoms with Crippen molar-refractivity contribution < 1.29 is 0 Å². The van der Waals surface area contributed by atoms with Crippen molar-refractivity contribution in [3.63, 3.8) is 0 Å². The van der Waals surface area contributed by atoms with E-state index < -0.39 is 0 Å². The van der Waals surface area contributed by atoms with E-state index in [4.69, 9.17) is 0 Å². The zero-order valence-corrected chi connectivity index (χ0v) is 26.3. The standard InChI is InChI=1S/C44H36S/c1-3-15-38-37(11-1)42-33(12-7-16-39(42)44(38)30-21-26-20-27(23-30)24-31(44)22-26)29-9-5-8-28(25-29)32-18-19-41-43-35(32)13-6-14-36(43)34-10-2-4-17-40(34)45-41/h1-19,25-27,30-31,34,40H,20-24H2. The lowest BCUT2D eigenvalue weighted by molar-refractivity contribution is -0.0399. The average molecular weight is 597 g/mol. The summed E-state index contributed by atoms with van der Waals surface area (Å²) in [7, 11) is 0. The highest BCUT2D eigenvalue weighted by atomic mass is 32.2. The van der Waals surface area contributed by atoms with Crippen LogP contribution >= 0.6 is 11.8 Å². The second-order valence-electron chi connectivity index (χ2n) is 14.8. The molecule has 0 N–H and O–H groups in total. The highest BCUT2D eigenvalue weighted by Gasteiger charge is 2.61. The van der Waals surface area contributed by atoms with Crippen LogP contribution in [0.2, 0.25) is 0 Å². The van der Waals surface area contributed by atoms with Gasteiger partial charge in [0.1, 0.15) is 0 Å². The van der Waals surface area contributed by atoms with Gasteiger partial charge in [0, 0.05) is 21.5 Å². The molecule has 2 unspecified atom stereocenters. The first-order valence-electron chi connectivity index (χ1n) is 17.2. The van der Waals surface area contributed by atoms with E-state index in [1.807, 2.05) is 11.8 Å². The lowest BCUT2D eigenvalue weighted by Crippen LogP contribution is -2.55. The highest BCUT2D eigenvalue weighted by molar-refractivity contribution is 8.00. The van der Waals surface area contributed by atoms with Gasteiger partial charge < -0.3 is 0 Å². The Morgan fingerprint density at radius 1 is 0.578 bits per heavy atom. The molecule has 4 saturated carbocycles. The summed E-state index contributed by atoms with van der Waals surface area (Å²) >= 11 is 2.03. The molecule has 45 heavy (non-hydrogen) atoms. The van der Waals surface area contributed by atoms with Crippen molar-refractivity contribution in [3.05, 3.63) is 138 Å². The highest BCUT2D eigenvalue weighted by Crippen LogP contribution is 2.70. The Hall–Kier alpha value is -3.81. The summed E-state index contributed by atoms with van der Waals surface area (Å²) in [6.07, 6.45) is 16.4. The van der Waals surface area contributed by atoms with Gasteiger partial charge in [-0.05, 0) is 129 Å². The number of benzene rings is 5. The van der Waals surface area contributed by atoms with Crippen LogP contribution in [0.5, 0.6) is 0 Å². The minimum atomic E-state index is 0.210. The summed E-state index contributed by atoms with van der Waals surface area (Å²) in [5.41, 5.74) is 13.4. The van der Waals surface area contributed by atoms with E-state index in [0.29, 0.717) is 11.2 Å². The molecule has 0 radical (unpaired) electrons. The van der Waals surface area contributed by atoms with Crippen LogP contribution in [0.1, 0.15) is 54.7 Å². The monoisotopic (exact) mass is 596 g/mol. The Balaban J connectivity index is 1.08. The first-order valence-corrected chi connectivity index (χ1v) is 18.1. The van der Waals surface area contributed by atoms with Crippen molar-refractivity contribution in [2.75, 3.05) is 0 Å². The van der Waals surface area contributed by atoms with Gasteiger partial charge in [0.15, 0.2) is 0 Å². The summed E-state index contributed by atoms with van der Waals surface area (Å²) in [5, 5.41) is 3.32. The van der Waals surface area contributed by atoms with E-state index in [0.717, 1.165) is 23.7 Å². The van der Waals surface area contributed by atoms with Crippen LogP contribution in [-0.2, 0) is 5.41 Å². The molecule has 1 spiro atoms. The smallest absolute Gasteiger partial charge is 0.0381 e. The van der Waals surface area contributed by atoms with Gasteiger partial charge in [-0.25, -0.2) is 0 Å². The Labute approximate surface area is 270 Å². The molecule has 5 aromatic rings. The molecule has 0 nitrogen and oxygen atoms in total. The molecular weight excluding hydrogens is 561 g/mol. The maximum atomic E-state index is 2.52. The normalized spacial score (nSPS) is 30.9. The van der Waals surface area contributed by atoms with Crippen molar-refractivity contribution in [3.8, 4) is 33.4 Å². The third-order valence-electron chi connectivity index (χ3n) is 12.8. The SMILES string of the molecule is C1=CC2Sc3ccc(-c4cccc(-c5cccc6c5-c5ccccc5C65C6CC7CC(C6)CC5C7)c4)c4cccc(c34)C2C=C1. The molecule has 1 heterocycles. The summed E-state index contributed by atoms with van der Waals surface area (Å²) < 4.78 is 0. The average Bonchev–Trinajstić information content (AvgIpc) is 3.38. The third kappa shape index (κ3) is 3.30. The third-order valence-corrected chi connectivity index (χ3v) is 14.1. The van der Waals surface area contributed by atoms with Crippen molar-refractivity contribution in [2.24, 2.45) is 23.7 Å². The lowest BCUT2D eigenvalue weighted by Gasteiger charge is -2.61. The van der Waals surface area contributed by atoms with Gasteiger partial charge in [0.2, 0.25) is 0 Å². The van der Waals surface area contributed by atoms with Crippen molar-refractivity contribution in [1.82, 2.24) is 0 Å². The van der Waals surface area contributed by atoms with E-state index in [9.17, 15) is 0 Å². The van der Waals surface area contributed by atoms with Crippen LogP contribution < -0.4 is 0 Å². The number of allylic oxidation sites excluding steroid dienone is 3. The van der Waals surface area contributed by atoms with Crippen molar-refractivity contribution >= 4 is 22.5 Å². The molecule has 1 aliphatic heterocycles. The molecule has 0 amide bonds. The maximum Gasteiger partial charge on any atom is 0.0381 e. The zero-order valence-electron chi connectivity index (χ0n) is 25.5. The van der Waals surface area contributed by atoms with Crippen LogP contribution in [0.3, 0.4) is 0 Å². The first-order chi connectivity index (χ1) is 22.3. The van der Waals surface area contributed by atoms with E-state index in [-0.39, 0.29) is 5.41 Å². The summed E-state index contributed by atoms with van der Waals surface area (Å²) in [5.74, 6) is 3.96. The van der Waals surface area contributed by atoms with E-state index >= 15 is 0 Å². The van der Waals surface area contributed by atoms with Crippen molar-refractivity contribution in [2.45, 2.75) is 53.6 Å². The molecule has 4 bridgehead atoms.